The Morgan fingerprint density at radius 3 is 2.55 bits per heavy atom. The second-order valence-corrected chi connectivity index (χ2v) is 7.56. The van der Waals surface area contributed by atoms with Crippen molar-refractivity contribution >= 4 is 28.4 Å². The number of amides is 1. The number of carbonyl (C=O) groups is 1. The zero-order chi connectivity index (χ0) is 20.2. The van der Waals surface area contributed by atoms with Gasteiger partial charge in [-0.2, -0.15) is 5.10 Å². The van der Waals surface area contributed by atoms with Gasteiger partial charge in [-0.25, -0.2) is 0 Å². The number of fused-ring (bicyclic) bond motifs is 1. The maximum atomic E-state index is 12.5. The molecule has 146 valence electrons. The van der Waals surface area contributed by atoms with E-state index in [4.69, 9.17) is 16.7 Å². The molecule has 1 N–H and O–H groups in total. The third kappa shape index (κ3) is 4.49. The Morgan fingerprint density at radius 2 is 1.79 bits per heavy atom. The van der Waals surface area contributed by atoms with E-state index < -0.39 is 0 Å². The predicted octanol–water partition coefficient (Wildman–Crippen LogP) is 5.02. The van der Waals surface area contributed by atoms with Crippen molar-refractivity contribution in [3.05, 3.63) is 88.9 Å². The Kier molecular flexibility index (Phi) is 5.63. The molecular formula is C24H22ClN3O. The monoisotopic (exact) mass is 403 g/mol. The summed E-state index contributed by atoms with van der Waals surface area (Å²) < 4.78 is 1.75. The lowest BCUT2D eigenvalue weighted by Gasteiger charge is -2.07. The van der Waals surface area contributed by atoms with Gasteiger partial charge in [-0.3, -0.25) is 9.48 Å². The molecule has 1 heterocycles. The second kappa shape index (κ2) is 8.50. The number of halogens is 1. The number of hydrogen-bond donors (Lipinski definition) is 1. The van der Waals surface area contributed by atoms with Crippen LogP contribution in [0.15, 0.2) is 72.8 Å². The quantitative estimate of drug-likeness (QED) is 0.491. The number of benzene rings is 3. The maximum absolute atomic E-state index is 12.5. The van der Waals surface area contributed by atoms with Crippen LogP contribution in [0.25, 0.3) is 22.2 Å². The maximum Gasteiger partial charge on any atom is 0.241 e. The van der Waals surface area contributed by atoms with Crippen molar-refractivity contribution in [2.75, 3.05) is 6.54 Å². The molecule has 1 amide bonds. The summed E-state index contributed by atoms with van der Waals surface area (Å²) in [6.07, 6.45) is 0.802. The zero-order valence-electron chi connectivity index (χ0n) is 16.2. The van der Waals surface area contributed by atoms with Crippen LogP contribution in [0.4, 0.5) is 0 Å². The summed E-state index contributed by atoms with van der Waals surface area (Å²) >= 11 is 6.21. The van der Waals surface area contributed by atoms with Crippen LogP contribution in [0.2, 0.25) is 5.02 Å². The van der Waals surface area contributed by atoms with E-state index in [-0.39, 0.29) is 12.5 Å². The standard InChI is InChI=1S/C24H22ClN3O/c1-17-7-9-18(10-8-17)13-14-26-23(29)16-28-22-12-11-20(25)15-21(22)24(27-28)19-5-3-2-4-6-19/h2-12,15H,13-14,16H2,1H3,(H,26,29). The van der Waals surface area contributed by atoms with Crippen LogP contribution < -0.4 is 5.32 Å². The van der Waals surface area contributed by atoms with Gasteiger partial charge >= 0.3 is 0 Å². The van der Waals surface area contributed by atoms with Gasteiger partial charge in [0.1, 0.15) is 12.2 Å². The molecule has 0 fully saturated rings. The van der Waals surface area contributed by atoms with Gasteiger partial charge in [0.05, 0.1) is 5.52 Å². The van der Waals surface area contributed by atoms with Crippen LogP contribution in [0.3, 0.4) is 0 Å². The fraction of sp³-hybridized carbons (Fsp3) is 0.167. The molecule has 5 heteroatoms. The molecule has 4 aromatic rings. The van der Waals surface area contributed by atoms with Crippen molar-refractivity contribution in [2.45, 2.75) is 19.9 Å². The van der Waals surface area contributed by atoms with Crippen LogP contribution in [-0.2, 0) is 17.8 Å². The van der Waals surface area contributed by atoms with Crippen LogP contribution >= 0.6 is 11.6 Å². The molecule has 0 aliphatic heterocycles. The molecule has 0 aliphatic rings. The van der Waals surface area contributed by atoms with E-state index in [9.17, 15) is 4.79 Å². The molecule has 4 nitrogen and oxygen atoms in total. The fourth-order valence-electron chi connectivity index (χ4n) is 3.37. The molecule has 0 spiro atoms. The van der Waals surface area contributed by atoms with Gasteiger partial charge in [0.25, 0.3) is 0 Å². The largest absolute Gasteiger partial charge is 0.354 e. The molecule has 0 aliphatic carbocycles. The molecule has 3 aromatic carbocycles. The summed E-state index contributed by atoms with van der Waals surface area (Å²) in [5, 5.41) is 9.30. The van der Waals surface area contributed by atoms with Crippen molar-refractivity contribution in [1.29, 1.82) is 0 Å². The first-order valence-electron chi connectivity index (χ1n) is 9.64. The predicted molar refractivity (Wildman–Crippen MR) is 118 cm³/mol. The Balaban J connectivity index is 1.50. The van der Waals surface area contributed by atoms with Crippen LogP contribution in [0.1, 0.15) is 11.1 Å². The van der Waals surface area contributed by atoms with Gasteiger partial charge in [0.2, 0.25) is 5.91 Å². The van der Waals surface area contributed by atoms with E-state index in [1.165, 1.54) is 11.1 Å². The number of nitrogens with one attached hydrogen (secondary N) is 1. The van der Waals surface area contributed by atoms with Crippen molar-refractivity contribution in [1.82, 2.24) is 15.1 Å². The smallest absolute Gasteiger partial charge is 0.241 e. The van der Waals surface area contributed by atoms with E-state index in [0.717, 1.165) is 28.6 Å². The minimum Gasteiger partial charge on any atom is -0.354 e. The number of aromatic nitrogens is 2. The van der Waals surface area contributed by atoms with Gasteiger partial charge in [-0.05, 0) is 37.1 Å². The number of carbonyl (C=O) groups excluding carboxylic acids is 1. The summed E-state index contributed by atoms with van der Waals surface area (Å²) in [7, 11) is 0. The number of aryl methyl sites for hydroxylation is 1. The minimum atomic E-state index is -0.0592. The van der Waals surface area contributed by atoms with Crippen molar-refractivity contribution in [2.24, 2.45) is 0 Å². The van der Waals surface area contributed by atoms with Crippen molar-refractivity contribution < 1.29 is 4.79 Å². The first-order valence-corrected chi connectivity index (χ1v) is 10.0. The third-order valence-corrected chi connectivity index (χ3v) is 5.14. The lowest BCUT2D eigenvalue weighted by Crippen LogP contribution is -2.29. The highest BCUT2D eigenvalue weighted by molar-refractivity contribution is 6.31. The lowest BCUT2D eigenvalue weighted by atomic mass is 10.1. The molecule has 1 aromatic heterocycles. The summed E-state index contributed by atoms with van der Waals surface area (Å²) in [5.74, 6) is -0.0592. The second-order valence-electron chi connectivity index (χ2n) is 7.12. The van der Waals surface area contributed by atoms with E-state index in [0.29, 0.717) is 11.6 Å². The summed E-state index contributed by atoms with van der Waals surface area (Å²) in [5.41, 5.74) is 5.16. The average molecular weight is 404 g/mol. The molecule has 0 saturated heterocycles. The number of hydrogen-bond acceptors (Lipinski definition) is 2. The van der Waals surface area contributed by atoms with Crippen molar-refractivity contribution in [3.8, 4) is 11.3 Å². The Labute approximate surface area is 175 Å². The molecule has 0 bridgehead atoms. The number of rotatable bonds is 6. The molecule has 29 heavy (non-hydrogen) atoms. The summed E-state index contributed by atoms with van der Waals surface area (Å²) in [4.78, 5) is 12.5. The fourth-order valence-corrected chi connectivity index (χ4v) is 3.55. The van der Waals surface area contributed by atoms with Gasteiger partial charge in [-0.15, -0.1) is 0 Å². The third-order valence-electron chi connectivity index (χ3n) is 4.91. The number of nitrogens with zero attached hydrogens (tertiary/aromatic N) is 2. The Hall–Kier alpha value is -3.11. The highest BCUT2D eigenvalue weighted by Gasteiger charge is 2.14. The highest BCUT2D eigenvalue weighted by atomic mass is 35.5. The molecule has 0 unspecified atom stereocenters. The van der Waals surface area contributed by atoms with Gasteiger partial charge in [0, 0.05) is 22.5 Å². The SMILES string of the molecule is Cc1ccc(CCNC(=O)Cn2nc(-c3ccccc3)c3cc(Cl)ccc32)cc1. The van der Waals surface area contributed by atoms with E-state index in [1.807, 2.05) is 48.5 Å². The molecule has 0 atom stereocenters. The van der Waals surface area contributed by atoms with E-state index in [2.05, 4.69) is 36.5 Å². The minimum absolute atomic E-state index is 0.0592. The van der Waals surface area contributed by atoms with Gasteiger partial charge in [0.15, 0.2) is 0 Å². The highest BCUT2D eigenvalue weighted by Crippen LogP contribution is 2.30. The Bertz CT molecular complexity index is 1130. The van der Waals surface area contributed by atoms with E-state index >= 15 is 0 Å². The first-order chi connectivity index (χ1) is 14.1. The summed E-state index contributed by atoms with van der Waals surface area (Å²) in [6, 6.07) is 23.9. The zero-order valence-corrected chi connectivity index (χ0v) is 17.0. The summed E-state index contributed by atoms with van der Waals surface area (Å²) in [6.45, 7) is 2.83. The first kappa shape index (κ1) is 19.2. The van der Waals surface area contributed by atoms with Crippen LogP contribution in [-0.4, -0.2) is 22.2 Å². The van der Waals surface area contributed by atoms with Crippen molar-refractivity contribution in [3.63, 3.8) is 0 Å². The molecule has 0 saturated carbocycles. The average Bonchev–Trinajstić information content (AvgIpc) is 3.07. The van der Waals surface area contributed by atoms with Crippen LogP contribution in [0.5, 0.6) is 0 Å². The van der Waals surface area contributed by atoms with Gasteiger partial charge < -0.3 is 5.32 Å². The molecular weight excluding hydrogens is 382 g/mol. The lowest BCUT2D eigenvalue weighted by molar-refractivity contribution is -0.121. The molecule has 0 radical (unpaired) electrons. The van der Waals surface area contributed by atoms with Gasteiger partial charge in [-0.1, -0.05) is 71.8 Å². The molecule has 4 rings (SSSR count). The van der Waals surface area contributed by atoms with Crippen LogP contribution in [0, 0.1) is 6.92 Å². The normalized spacial score (nSPS) is 11.0. The topological polar surface area (TPSA) is 46.9 Å². The Morgan fingerprint density at radius 1 is 1.03 bits per heavy atom. The van der Waals surface area contributed by atoms with E-state index in [1.54, 1.807) is 4.68 Å².